The van der Waals surface area contributed by atoms with E-state index in [-0.39, 0.29) is 5.91 Å². The number of carbonyl (C=O) groups excluding carboxylic acids is 1. The molecule has 0 bridgehead atoms. The Hall–Kier alpha value is -1.40. The van der Waals surface area contributed by atoms with Crippen LogP contribution in [0.15, 0.2) is 11.4 Å². The van der Waals surface area contributed by atoms with Gasteiger partial charge in [-0.2, -0.15) is 0 Å². The summed E-state index contributed by atoms with van der Waals surface area (Å²) in [6.07, 6.45) is 3.51. The Morgan fingerprint density at radius 3 is 2.95 bits per heavy atom. The quantitative estimate of drug-likeness (QED) is 0.861. The van der Waals surface area contributed by atoms with Gasteiger partial charge in [0.2, 0.25) is 5.91 Å². The van der Waals surface area contributed by atoms with Crippen molar-refractivity contribution >= 4 is 23.2 Å². The van der Waals surface area contributed by atoms with Crippen LogP contribution in [0, 0.1) is 0 Å². The van der Waals surface area contributed by atoms with Gasteiger partial charge in [0, 0.05) is 30.4 Å². The van der Waals surface area contributed by atoms with Crippen molar-refractivity contribution in [3.63, 3.8) is 0 Å². The lowest BCUT2D eigenvalue weighted by atomic mass is 9.99. The molecule has 0 spiro atoms. The Labute approximate surface area is 121 Å². The molecule has 3 rings (SSSR count). The van der Waals surface area contributed by atoms with Gasteiger partial charge >= 0.3 is 5.97 Å². The van der Waals surface area contributed by atoms with Crippen LogP contribution in [-0.4, -0.2) is 41.0 Å². The molecular weight excluding hydrogens is 276 g/mol. The monoisotopic (exact) mass is 294 g/mol. The number of amides is 1. The highest BCUT2D eigenvalue weighted by atomic mass is 32.1. The number of fused-ring (bicyclic) bond motifs is 1. The lowest BCUT2D eigenvalue weighted by molar-refractivity contribution is -0.151. The molecule has 2 N–H and O–H groups in total. The Morgan fingerprint density at radius 2 is 2.25 bits per heavy atom. The Bertz CT molecular complexity index is 524. The molecule has 0 aromatic carbocycles. The first-order chi connectivity index (χ1) is 9.66. The number of rotatable bonds is 5. The number of carbonyl (C=O) groups is 2. The van der Waals surface area contributed by atoms with Gasteiger partial charge in [-0.1, -0.05) is 0 Å². The third-order valence-corrected chi connectivity index (χ3v) is 4.87. The average molecular weight is 294 g/mol. The molecule has 1 aliphatic carbocycles. The van der Waals surface area contributed by atoms with Crippen molar-refractivity contribution in [2.24, 2.45) is 0 Å². The minimum Gasteiger partial charge on any atom is -0.479 e. The summed E-state index contributed by atoms with van der Waals surface area (Å²) in [5.41, 5.74) is 0.789. The fourth-order valence-electron chi connectivity index (χ4n) is 2.67. The highest BCUT2D eigenvalue weighted by Gasteiger charge is 2.36. The normalized spacial score (nSPS) is 21.6. The summed E-state index contributed by atoms with van der Waals surface area (Å²) in [5.74, 6) is -1.00. The predicted octanol–water partition coefficient (Wildman–Crippen LogP) is 1.40. The van der Waals surface area contributed by atoms with Gasteiger partial charge in [0.05, 0.1) is 0 Å². The zero-order chi connectivity index (χ0) is 14.1. The first kappa shape index (κ1) is 13.6. The van der Waals surface area contributed by atoms with Crippen molar-refractivity contribution in [3.05, 3.63) is 21.9 Å². The molecule has 1 unspecified atom stereocenters. The molecule has 1 fully saturated rings. The first-order valence-electron chi connectivity index (χ1n) is 6.98. The molecule has 0 saturated heterocycles. The standard InChI is InChI=1S/C14H18N2O3S/c17-12(3-6-15-9-1-2-9)16-7-4-11-10(5-8-20-11)13(16)14(18)19/h5,8-9,13,15H,1-4,6-7H2,(H,18,19). The molecule has 20 heavy (non-hydrogen) atoms. The highest BCUT2D eigenvalue weighted by Crippen LogP contribution is 2.33. The van der Waals surface area contributed by atoms with E-state index in [0.717, 1.165) is 16.9 Å². The molecule has 0 radical (unpaired) electrons. The van der Waals surface area contributed by atoms with E-state index >= 15 is 0 Å². The second-order valence-corrected chi connectivity index (χ2v) is 6.36. The Morgan fingerprint density at radius 1 is 1.45 bits per heavy atom. The van der Waals surface area contributed by atoms with Crippen LogP contribution in [0.3, 0.4) is 0 Å². The van der Waals surface area contributed by atoms with Crippen LogP contribution in [0.5, 0.6) is 0 Å². The van der Waals surface area contributed by atoms with Crippen molar-refractivity contribution in [3.8, 4) is 0 Å². The van der Waals surface area contributed by atoms with E-state index in [1.54, 1.807) is 11.3 Å². The highest BCUT2D eigenvalue weighted by molar-refractivity contribution is 7.10. The topological polar surface area (TPSA) is 69.6 Å². The van der Waals surface area contributed by atoms with Gasteiger partial charge in [0.1, 0.15) is 0 Å². The van der Waals surface area contributed by atoms with E-state index in [4.69, 9.17) is 0 Å². The number of thiophene rings is 1. The van der Waals surface area contributed by atoms with Crippen LogP contribution in [0.2, 0.25) is 0 Å². The molecular formula is C14H18N2O3S. The zero-order valence-corrected chi connectivity index (χ0v) is 12.0. The van der Waals surface area contributed by atoms with Gasteiger partial charge in [-0.3, -0.25) is 4.79 Å². The van der Waals surface area contributed by atoms with E-state index in [1.165, 1.54) is 17.7 Å². The van der Waals surface area contributed by atoms with Crippen molar-refractivity contribution in [2.45, 2.75) is 37.8 Å². The SMILES string of the molecule is O=C(O)C1c2ccsc2CCN1C(=O)CCNC1CC1. The molecule has 2 heterocycles. The maximum absolute atomic E-state index is 12.3. The van der Waals surface area contributed by atoms with Gasteiger partial charge in [-0.05, 0) is 36.3 Å². The van der Waals surface area contributed by atoms with E-state index < -0.39 is 12.0 Å². The summed E-state index contributed by atoms with van der Waals surface area (Å²) >= 11 is 1.58. The van der Waals surface area contributed by atoms with Gasteiger partial charge < -0.3 is 15.3 Å². The van der Waals surface area contributed by atoms with E-state index in [1.807, 2.05) is 11.4 Å². The maximum atomic E-state index is 12.3. The summed E-state index contributed by atoms with van der Waals surface area (Å²) in [6, 6.07) is 1.60. The molecule has 6 heteroatoms. The number of carboxylic acids is 1. The third kappa shape index (κ3) is 2.71. The van der Waals surface area contributed by atoms with Crippen LogP contribution in [0.1, 0.15) is 35.7 Å². The summed E-state index contributed by atoms with van der Waals surface area (Å²) < 4.78 is 0. The molecule has 1 aliphatic heterocycles. The van der Waals surface area contributed by atoms with Crippen LogP contribution < -0.4 is 5.32 Å². The van der Waals surface area contributed by atoms with Gasteiger partial charge in [0.25, 0.3) is 0 Å². The zero-order valence-electron chi connectivity index (χ0n) is 11.2. The van der Waals surface area contributed by atoms with Gasteiger partial charge in [0.15, 0.2) is 6.04 Å². The maximum Gasteiger partial charge on any atom is 0.331 e. The van der Waals surface area contributed by atoms with Crippen molar-refractivity contribution in [2.75, 3.05) is 13.1 Å². The molecule has 1 atom stereocenters. The molecule has 2 aliphatic rings. The lowest BCUT2D eigenvalue weighted by Crippen LogP contribution is -2.43. The summed E-state index contributed by atoms with van der Waals surface area (Å²) in [4.78, 5) is 26.4. The number of aliphatic carboxylic acids is 1. The number of nitrogens with zero attached hydrogens (tertiary/aromatic N) is 1. The number of hydrogen-bond donors (Lipinski definition) is 2. The lowest BCUT2D eigenvalue weighted by Gasteiger charge is -2.33. The second-order valence-electron chi connectivity index (χ2n) is 5.36. The smallest absolute Gasteiger partial charge is 0.331 e. The molecule has 1 saturated carbocycles. The Balaban J connectivity index is 1.68. The largest absolute Gasteiger partial charge is 0.479 e. The molecule has 108 valence electrons. The summed E-state index contributed by atoms with van der Waals surface area (Å²) in [6.45, 7) is 1.15. The molecule has 1 aromatic heterocycles. The van der Waals surface area contributed by atoms with Crippen molar-refractivity contribution in [1.82, 2.24) is 10.2 Å². The Kier molecular flexibility index (Phi) is 3.76. The summed E-state index contributed by atoms with van der Waals surface area (Å²) in [5, 5.41) is 14.6. The minimum absolute atomic E-state index is 0.0672. The van der Waals surface area contributed by atoms with Crippen LogP contribution in [0.4, 0.5) is 0 Å². The molecule has 5 nitrogen and oxygen atoms in total. The third-order valence-electron chi connectivity index (χ3n) is 3.87. The van der Waals surface area contributed by atoms with Crippen molar-refractivity contribution < 1.29 is 14.7 Å². The number of carboxylic acid groups (broad SMARTS) is 1. The second kappa shape index (κ2) is 5.54. The fraction of sp³-hybridized carbons (Fsp3) is 0.571. The predicted molar refractivity (Wildman–Crippen MR) is 75.8 cm³/mol. The van der Waals surface area contributed by atoms with E-state index in [2.05, 4.69) is 5.32 Å². The summed E-state index contributed by atoms with van der Waals surface area (Å²) in [7, 11) is 0. The van der Waals surface area contributed by atoms with Crippen LogP contribution in [0.25, 0.3) is 0 Å². The molecule has 1 amide bonds. The van der Waals surface area contributed by atoms with E-state index in [9.17, 15) is 14.7 Å². The van der Waals surface area contributed by atoms with Crippen LogP contribution in [-0.2, 0) is 16.0 Å². The first-order valence-corrected chi connectivity index (χ1v) is 7.86. The van der Waals surface area contributed by atoms with Gasteiger partial charge in [-0.15, -0.1) is 11.3 Å². The average Bonchev–Trinajstić information content (AvgIpc) is 3.12. The van der Waals surface area contributed by atoms with E-state index in [0.29, 0.717) is 25.6 Å². The fourth-order valence-corrected chi connectivity index (χ4v) is 3.57. The number of hydrogen-bond acceptors (Lipinski definition) is 4. The number of nitrogens with one attached hydrogen (secondary N) is 1. The molecule has 1 aromatic rings. The minimum atomic E-state index is -0.937. The van der Waals surface area contributed by atoms with Gasteiger partial charge in [-0.25, -0.2) is 4.79 Å². The van der Waals surface area contributed by atoms with Crippen molar-refractivity contribution in [1.29, 1.82) is 0 Å². The van der Waals surface area contributed by atoms with Crippen LogP contribution >= 0.6 is 11.3 Å².